The fraction of sp³-hybridized carbons (Fsp3) is 0.222. The van der Waals surface area contributed by atoms with Crippen molar-refractivity contribution in [1.82, 2.24) is 0 Å². The maximum Gasteiger partial charge on any atom is 0.347 e. The Morgan fingerprint density at radius 1 is 1.21 bits per heavy atom. The summed E-state index contributed by atoms with van der Waals surface area (Å²) in [6, 6.07) is 8.58. The van der Waals surface area contributed by atoms with Crippen LogP contribution >= 0.6 is 23.2 Å². The fourth-order valence-electron chi connectivity index (χ4n) is 2.11. The summed E-state index contributed by atoms with van der Waals surface area (Å²) in [5.41, 5.74) is 0.714. The predicted octanol–water partition coefficient (Wildman–Crippen LogP) is 4.16. The molecule has 0 aliphatic carbocycles. The van der Waals surface area contributed by atoms with Crippen molar-refractivity contribution >= 4 is 46.5 Å². The van der Waals surface area contributed by atoms with E-state index in [9.17, 15) is 19.7 Å². The van der Waals surface area contributed by atoms with Gasteiger partial charge in [0.1, 0.15) is 5.75 Å². The van der Waals surface area contributed by atoms with Crippen LogP contribution in [0.2, 0.25) is 10.0 Å². The van der Waals surface area contributed by atoms with Gasteiger partial charge in [-0.3, -0.25) is 14.9 Å². The summed E-state index contributed by atoms with van der Waals surface area (Å²) in [5, 5.41) is 13.9. The van der Waals surface area contributed by atoms with Crippen LogP contribution in [0.15, 0.2) is 36.4 Å². The third-order valence-corrected chi connectivity index (χ3v) is 4.11. The zero-order chi connectivity index (χ0) is 20.8. The second-order valence-corrected chi connectivity index (χ2v) is 6.59. The molecule has 1 amide bonds. The third-order valence-electron chi connectivity index (χ3n) is 3.58. The van der Waals surface area contributed by atoms with Gasteiger partial charge >= 0.3 is 5.97 Å². The lowest BCUT2D eigenvalue weighted by Gasteiger charge is -2.15. The van der Waals surface area contributed by atoms with Crippen molar-refractivity contribution in [3.63, 3.8) is 0 Å². The minimum atomic E-state index is -1.02. The number of rotatable bonds is 7. The second-order valence-electron chi connectivity index (χ2n) is 5.75. The molecule has 1 atom stereocenters. The van der Waals surface area contributed by atoms with E-state index in [0.29, 0.717) is 10.6 Å². The maximum atomic E-state index is 12.0. The molecular formula is C18H16Cl2N2O6. The van der Waals surface area contributed by atoms with Crippen molar-refractivity contribution in [3.8, 4) is 5.75 Å². The number of nitro benzene ring substituents is 1. The fourth-order valence-corrected chi connectivity index (χ4v) is 2.56. The SMILES string of the molecule is Cc1ccc([N+](=O)[O-])cc1NC(=O)COC(=O)[C@@H](C)Oc1ccc(Cl)cc1Cl. The predicted molar refractivity (Wildman–Crippen MR) is 104 cm³/mol. The standard InChI is InChI=1S/C18H16Cl2N2O6/c1-10-3-5-13(22(25)26)8-15(10)21-17(23)9-27-18(24)11(2)28-16-6-4-12(19)7-14(16)20/h3-8,11H,9H2,1-2H3,(H,21,23)/t11-/m1/s1. The van der Waals surface area contributed by atoms with Gasteiger partial charge in [0.05, 0.1) is 15.6 Å². The van der Waals surface area contributed by atoms with Crippen molar-refractivity contribution in [2.75, 3.05) is 11.9 Å². The van der Waals surface area contributed by atoms with Crippen molar-refractivity contribution in [3.05, 3.63) is 62.1 Å². The van der Waals surface area contributed by atoms with Crippen molar-refractivity contribution in [2.45, 2.75) is 20.0 Å². The van der Waals surface area contributed by atoms with E-state index in [0.717, 1.165) is 0 Å². The number of benzene rings is 2. The highest BCUT2D eigenvalue weighted by Gasteiger charge is 2.19. The Morgan fingerprint density at radius 3 is 2.57 bits per heavy atom. The number of carbonyl (C=O) groups excluding carboxylic acids is 2. The molecule has 2 rings (SSSR count). The van der Waals surface area contributed by atoms with Crippen molar-refractivity contribution in [1.29, 1.82) is 0 Å². The Balaban J connectivity index is 1.90. The summed E-state index contributed by atoms with van der Waals surface area (Å²) in [7, 11) is 0. The van der Waals surface area contributed by atoms with Gasteiger partial charge in [-0.05, 0) is 37.6 Å². The van der Waals surface area contributed by atoms with Crippen LogP contribution in [-0.4, -0.2) is 29.5 Å². The smallest absolute Gasteiger partial charge is 0.347 e. The van der Waals surface area contributed by atoms with E-state index in [-0.39, 0.29) is 22.1 Å². The Bertz CT molecular complexity index is 919. The topological polar surface area (TPSA) is 108 Å². The first-order chi connectivity index (χ1) is 13.2. The number of hydrogen-bond acceptors (Lipinski definition) is 6. The number of aryl methyl sites for hydroxylation is 1. The molecule has 0 aliphatic rings. The quantitative estimate of drug-likeness (QED) is 0.404. The number of nitrogens with zero attached hydrogens (tertiary/aromatic N) is 1. The van der Waals surface area contributed by atoms with Gasteiger partial charge in [-0.25, -0.2) is 4.79 Å². The molecule has 0 unspecified atom stereocenters. The van der Waals surface area contributed by atoms with Crippen molar-refractivity contribution in [2.24, 2.45) is 0 Å². The van der Waals surface area contributed by atoms with E-state index in [2.05, 4.69) is 5.32 Å². The molecule has 0 heterocycles. The van der Waals surface area contributed by atoms with Crippen LogP contribution in [0.1, 0.15) is 12.5 Å². The molecule has 0 aromatic heterocycles. The van der Waals surface area contributed by atoms with Crippen LogP contribution in [-0.2, 0) is 14.3 Å². The molecule has 0 spiro atoms. The highest BCUT2D eigenvalue weighted by atomic mass is 35.5. The Kier molecular flexibility index (Phi) is 7.19. The molecule has 28 heavy (non-hydrogen) atoms. The number of carbonyl (C=O) groups is 2. The average Bonchev–Trinajstić information content (AvgIpc) is 2.63. The summed E-state index contributed by atoms with van der Waals surface area (Å²) < 4.78 is 10.3. The number of amides is 1. The van der Waals surface area contributed by atoms with Crippen LogP contribution in [0.5, 0.6) is 5.75 Å². The highest BCUT2D eigenvalue weighted by Crippen LogP contribution is 2.28. The minimum Gasteiger partial charge on any atom is -0.477 e. The Labute approximate surface area is 170 Å². The van der Waals surface area contributed by atoms with E-state index in [1.54, 1.807) is 13.0 Å². The van der Waals surface area contributed by atoms with Crippen LogP contribution in [0.25, 0.3) is 0 Å². The number of hydrogen-bond donors (Lipinski definition) is 1. The van der Waals surface area contributed by atoms with Crippen LogP contribution < -0.4 is 10.1 Å². The van der Waals surface area contributed by atoms with E-state index < -0.39 is 29.5 Å². The lowest BCUT2D eigenvalue weighted by atomic mass is 10.2. The van der Waals surface area contributed by atoms with E-state index in [4.69, 9.17) is 32.7 Å². The summed E-state index contributed by atoms with van der Waals surface area (Å²) >= 11 is 11.8. The Hall–Kier alpha value is -2.84. The minimum absolute atomic E-state index is 0.167. The first kappa shape index (κ1) is 21.5. The first-order valence-electron chi connectivity index (χ1n) is 8.00. The van der Waals surface area contributed by atoms with Crippen molar-refractivity contribution < 1.29 is 24.0 Å². The number of nitro groups is 1. The molecule has 0 fully saturated rings. The maximum absolute atomic E-state index is 12.0. The number of ether oxygens (including phenoxy) is 2. The van der Waals surface area contributed by atoms with E-state index in [1.807, 2.05) is 0 Å². The molecule has 1 N–H and O–H groups in total. The van der Waals surface area contributed by atoms with Gasteiger partial charge in [-0.15, -0.1) is 0 Å². The molecule has 2 aromatic rings. The molecule has 0 saturated carbocycles. The number of non-ortho nitro benzene ring substituents is 1. The van der Waals surface area contributed by atoms with Crippen LogP contribution in [0.4, 0.5) is 11.4 Å². The first-order valence-corrected chi connectivity index (χ1v) is 8.76. The zero-order valence-electron chi connectivity index (χ0n) is 14.9. The third kappa shape index (κ3) is 5.83. The van der Waals surface area contributed by atoms with E-state index in [1.165, 1.54) is 37.3 Å². The van der Waals surface area contributed by atoms with Gasteiger partial charge in [0.2, 0.25) is 0 Å². The number of halogens is 2. The molecule has 2 aromatic carbocycles. The summed E-state index contributed by atoms with van der Waals surface area (Å²) in [4.78, 5) is 34.2. The molecule has 0 bridgehead atoms. The summed E-state index contributed by atoms with van der Waals surface area (Å²) in [6.07, 6.45) is -1.02. The largest absolute Gasteiger partial charge is 0.477 e. The molecule has 148 valence electrons. The molecule has 0 saturated heterocycles. The van der Waals surface area contributed by atoms with Gasteiger partial charge in [0.25, 0.3) is 11.6 Å². The molecule has 0 aliphatic heterocycles. The normalized spacial score (nSPS) is 11.4. The average molecular weight is 427 g/mol. The summed E-state index contributed by atoms with van der Waals surface area (Å²) in [6.45, 7) is 2.54. The van der Waals surface area contributed by atoms with Crippen LogP contribution in [0.3, 0.4) is 0 Å². The molecule has 10 heteroatoms. The van der Waals surface area contributed by atoms with Gasteiger partial charge in [-0.2, -0.15) is 0 Å². The number of anilines is 1. The Morgan fingerprint density at radius 2 is 1.93 bits per heavy atom. The van der Waals surface area contributed by atoms with Gasteiger partial charge in [0, 0.05) is 17.2 Å². The second kappa shape index (κ2) is 9.38. The number of nitrogens with one attached hydrogen (secondary N) is 1. The molecule has 8 nitrogen and oxygen atoms in total. The van der Waals surface area contributed by atoms with Crippen LogP contribution in [0, 0.1) is 17.0 Å². The number of esters is 1. The highest BCUT2D eigenvalue weighted by molar-refractivity contribution is 6.35. The van der Waals surface area contributed by atoms with E-state index >= 15 is 0 Å². The molecular weight excluding hydrogens is 411 g/mol. The zero-order valence-corrected chi connectivity index (χ0v) is 16.4. The van der Waals surface area contributed by atoms with Gasteiger partial charge in [-0.1, -0.05) is 29.3 Å². The monoisotopic (exact) mass is 426 g/mol. The molecule has 0 radical (unpaired) electrons. The lowest BCUT2D eigenvalue weighted by Crippen LogP contribution is -2.30. The van der Waals surface area contributed by atoms with Gasteiger partial charge < -0.3 is 14.8 Å². The lowest BCUT2D eigenvalue weighted by molar-refractivity contribution is -0.384. The summed E-state index contributed by atoms with van der Waals surface area (Å²) in [5.74, 6) is -1.18. The van der Waals surface area contributed by atoms with Gasteiger partial charge in [0.15, 0.2) is 12.7 Å².